The summed E-state index contributed by atoms with van der Waals surface area (Å²) in [6, 6.07) is 5.81. The van der Waals surface area contributed by atoms with E-state index in [0.29, 0.717) is 11.3 Å². The van der Waals surface area contributed by atoms with Crippen LogP contribution in [0, 0.1) is 4.77 Å². The van der Waals surface area contributed by atoms with Gasteiger partial charge in [0.1, 0.15) is 12.0 Å². The van der Waals surface area contributed by atoms with Gasteiger partial charge in [-0.2, -0.15) is 5.10 Å². The van der Waals surface area contributed by atoms with E-state index in [1.807, 2.05) is 28.1 Å². The van der Waals surface area contributed by atoms with Crippen molar-refractivity contribution in [3.63, 3.8) is 0 Å². The number of nitrogens with zero attached hydrogens (tertiary/aromatic N) is 3. The van der Waals surface area contributed by atoms with Crippen LogP contribution in [-0.4, -0.2) is 19.9 Å². The van der Waals surface area contributed by atoms with Gasteiger partial charge in [0.15, 0.2) is 10.6 Å². The van der Waals surface area contributed by atoms with Gasteiger partial charge in [0, 0.05) is 6.07 Å². The molecule has 0 aliphatic carbocycles. The summed E-state index contributed by atoms with van der Waals surface area (Å²) in [4.78, 5) is 1.07. The van der Waals surface area contributed by atoms with Crippen LogP contribution >= 0.6 is 23.6 Å². The molecule has 0 unspecified atom stereocenters. The molecule has 86 valence electrons. The molecule has 0 amide bonds. The van der Waals surface area contributed by atoms with E-state index in [-0.39, 0.29) is 0 Å². The lowest BCUT2D eigenvalue weighted by molar-refractivity contribution is 0.409. The molecule has 0 saturated carbocycles. The monoisotopic (exact) mass is 264 g/mol. The maximum Gasteiger partial charge on any atom is 0.195 e. The van der Waals surface area contributed by atoms with Gasteiger partial charge in [0.2, 0.25) is 0 Å². The van der Waals surface area contributed by atoms with Gasteiger partial charge in [0.05, 0.1) is 11.4 Å². The minimum Gasteiger partial charge on any atom is -0.364 e. The second-order valence-corrected chi connectivity index (χ2v) is 4.74. The largest absolute Gasteiger partial charge is 0.364 e. The van der Waals surface area contributed by atoms with Crippen molar-refractivity contribution in [3.05, 3.63) is 40.3 Å². The molecule has 0 spiro atoms. The van der Waals surface area contributed by atoms with Crippen molar-refractivity contribution in [2.24, 2.45) is 0 Å². The molecular weight excluding hydrogens is 256 g/mol. The highest BCUT2D eigenvalue weighted by Gasteiger charge is 2.10. The van der Waals surface area contributed by atoms with Crippen LogP contribution in [0.15, 0.2) is 34.4 Å². The summed E-state index contributed by atoms with van der Waals surface area (Å²) in [5, 5.41) is 12.9. The zero-order valence-corrected chi connectivity index (χ0v) is 10.3. The second-order valence-electron chi connectivity index (χ2n) is 3.41. The fourth-order valence-electron chi connectivity index (χ4n) is 1.54. The lowest BCUT2D eigenvalue weighted by Gasteiger charge is -2.01. The average Bonchev–Trinajstić information content (AvgIpc) is 3.03. The van der Waals surface area contributed by atoms with Crippen LogP contribution in [0.1, 0.15) is 5.69 Å². The molecule has 0 fully saturated rings. The number of H-pyrrole nitrogens is 1. The number of rotatable bonds is 3. The first-order valence-corrected chi connectivity index (χ1v) is 6.22. The van der Waals surface area contributed by atoms with Gasteiger partial charge in [-0.1, -0.05) is 11.2 Å². The molecule has 3 aromatic heterocycles. The van der Waals surface area contributed by atoms with Crippen molar-refractivity contribution in [1.82, 2.24) is 19.9 Å². The quantitative estimate of drug-likeness (QED) is 0.739. The van der Waals surface area contributed by atoms with Crippen LogP contribution in [0.2, 0.25) is 0 Å². The van der Waals surface area contributed by atoms with Gasteiger partial charge in [0.25, 0.3) is 0 Å². The van der Waals surface area contributed by atoms with Gasteiger partial charge in [-0.05, 0) is 23.7 Å². The van der Waals surface area contributed by atoms with Gasteiger partial charge >= 0.3 is 0 Å². The van der Waals surface area contributed by atoms with E-state index in [2.05, 4.69) is 15.4 Å². The van der Waals surface area contributed by atoms with Crippen LogP contribution in [-0.2, 0) is 6.54 Å². The molecule has 1 N–H and O–H groups in total. The fourth-order valence-corrected chi connectivity index (χ4v) is 2.46. The van der Waals surface area contributed by atoms with Crippen molar-refractivity contribution in [1.29, 1.82) is 0 Å². The molecule has 0 aliphatic rings. The molecule has 0 bridgehead atoms. The summed E-state index contributed by atoms with van der Waals surface area (Å²) < 4.78 is 7.29. The third-order valence-corrected chi connectivity index (χ3v) is 3.49. The highest BCUT2D eigenvalue weighted by molar-refractivity contribution is 7.71. The summed E-state index contributed by atoms with van der Waals surface area (Å²) in [5.74, 6) is 0.827. The molecule has 3 heterocycles. The van der Waals surface area contributed by atoms with Crippen LogP contribution < -0.4 is 0 Å². The van der Waals surface area contributed by atoms with E-state index in [0.717, 1.165) is 16.4 Å². The Labute approximate surface area is 106 Å². The summed E-state index contributed by atoms with van der Waals surface area (Å²) >= 11 is 6.83. The van der Waals surface area contributed by atoms with Gasteiger partial charge in [-0.3, -0.25) is 9.67 Å². The number of hydrogen-bond donors (Lipinski definition) is 1. The van der Waals surface area contributed by atoms with E-state index in [1.54, 1.807) is 17.6 Å². The minimum absolute atomic E-state index is 0.555. The van der Waals surface area contributed by atoms with Crippen LogP contribution in [0.5, 0.6) is 0 Å². The van der Waals surface area contributed by atoms with Gasteiger partial charge in [-0.15, -0.1) is 11.3 Å². The molecule has 5 nitrogen and oxygen atoms in total. The standard InChI is InChI=1S/C10H8N4OS2/c16-10-12-11-9(8-2-1-5-17-8)14(10)6-7-3-4-15-13-7/h1-5H,6H2,(H,12,16). The highest BCUT2D eigenvalue weighted by atomic mass is 32.1. The maximum absolute atomic E-state index is 5.21. The second kappa shape index (κ2) is 4.27. The smallest absolute Gasteiger partial charge is 0.195 e. The zero-order chi connectivity index (χ0) is 11.7. The zero-order valence-electron chi connectivity index (χ0n) is 8.66. The summed E-state index contributed by atoms with van der Waals surface area (Å²) in [6.07, 6.45) is 1.55. The molecule has 17 heavy (non-hydrogen) atoms. The Bertz CT molecular complexity index is 651. The average molecular weight is 264 g/mol. The molecule has 3 aromatic rings. The molecule has 0 radical (unpaired) electrons. The number of nitrogens with one attached hydrogen (secondary N) is 1. The molecule has 7 heteroatoms. The lowest BCUT2D eigenvalue weighted by Crippen LogP contribution is -2.01. The SMILES string of the molecule is S=c1[nH]nc(-c2cccs2)n1Cc1ccon1. The number of aromatic nitrogens is 4. The van der Waals surface area contributed by atoms with E-state index in [1.165, 1.54) is 0 Å². The van der Waals surface area contributed by atoms with Crippen LogP contribution in [0.3, 0.4) is 0 Å². The summed E-state index contributed by atoms with van der Waals surface area (Å²) in [5.41, 5.74) is 0.820. The normalized spacial score (nSPS) is 10.8. The topological polar surface area (TPSA) is 59.6 Å². The Morgan fingerprint density at radius 1 is 1.47 bits per heavy atom. The molecule has 0 aromatic carbocycles. The van der Waals surface area contributed by atoms with E-state index >= 15 is 0 Å². The third-order valence-electron chi connectivity index (χ3n) is 2.31. The predicted molar refractivity (Wildman–Crippen MR) is 66.3 cm³/mol. The Kier molecular flexibility index (Phi) is 2.62. The Morgan fingerprint density at radius 2 is 2.41 bits per heavy atom. The van der Waals surface area contributed by atoms with Crippen LogP contribution in [0.25, 0.3) is 10.7 Å². The molecule has 0 atom stereocenters. The minimum atomic E-state index is 0.555. The van der Waals surface area contributed by atoms with Crippen molar-refractivity contribution in [3.8, 4) is 10.7 Å². The Hall–Kier alpha value is -1.73. The predicted octanol–water partition coefficient (Wildman–Crippen LogP) is 2.71. The fraction of sp³-hybridized carbons (Fsp3) is 0.100. The highest BCUT2D eigenvalue weighted by Crippen LogP contribution is 2.23. The van der Waals surface area contributed by atoms with Crippen molar-refractivity contribution in [2.75, 3.05) is 0 Å². The van der Waals surface area contributed by atoms with Crippen LogP contribution in [0.4, 0.5) is 0 Å². The molecule has 3 rings (SSSR count). The number of hydrogen-bond acceptors (Lipinski definition) is 5. The number of thiophene rings is 1. The van der Waals surface area contributed by atoms with Crippen molar-refractivity contribution >= 4 is 23.6 Å². The van der Waals surface area contributed by atoms with Gasteiger partial charge < -0.3 is 4.52 Å². The first-order chi connectivity index (χ1) is 8.34. The van der Waals surface area contributed by atoms with E-state index < -0.39 is 0 Å². The molecule has 0 saturated heterocycles. The van der Waals surface area contributed by atoms with Crippen molar-refractivity contribution in [2.45, 2.75) is 6.54 Å². The van der Waals surface area contributed by atoms with E-state index in [4.69, 9.17) is 16.7 Å². The van der Waals surface area contributed by atoms with Gasteiger partial charge in [-0.25, -0.2) is 0 Å². The van der Waals surface area contributed by atoms with E-state index in [9.17, 15) is 0 Å². The number of aromatic amines is 1. The first-order valence-electron chi connectivity index (χ1n) is 4.93. The maximum atomic E-state index is 5.21. The lowest BCUT2D eigenvalue weighted by atomic mass is 10.4. The molecular formula is C10H8N4OS2. The summed E-state index contributed by atoms with van der Waals surface area (Å²) in [7, 11) is 0. The third kappa shape index (κ3) is 1.94. The van der Waals surface area contributed by atoms with Crippen molar-refractivity contribution < 1.29 is 4.52 Å². The Balaban J connectivity index is 2.04. The summed E-state index contributed by atoms with van der Waals surface area (Å²) in [6.45, 7) is 0.555. The Morgan fingerprint density at radius 3 is 3.12 bits per heavy atom. The molecule has 0 aliphatic heterocycles. The first kappa shape index (κ1) is 10.4.